The molecule has 0 spiro atoms. The van der Waals surface area contributed by atoms with E-state index in [0.29, 0.717) is 5.69 Å². The van der Waals surface area contributed by atoms with Gasteiger partial charge in [0.25, 0.3) is 10.0 Å². The predicted molar refractivity (Wildman–Crippen MR) is 190 cm³/mol. The molecule has 5 rings (SSSR count). The zero-order chi connectivity index (χ0) is 33.2. The number of halogens is 1. The van der Waals surface area contributed by atoms with Gasteiger partial charge >= 0.3 is 0 Å². The molecule has 7 nitrogen and oxygen atoms in total. The number of carbonyl (C=O) groups is 2. The number of rotatable bonds is 13. The number of nitrogens with one attached hydrogen (secondary N) is 1. The number of amides is 2. The Hall–Kier alpha value is -3.95. The number of hydrogen-bond donors (Lipinski definition) is 1. The maximum Gasteiger partial charge on any atom is 0.264 e. The molecule has 9 heteroatoms. The van der Waals surface area contributed by atoms with Crippen LogP contribution in [0.25, 0.3) is 0 Å². The number of aryl methyl sites for hydroxylation is 1. The summed E-state index contributed by atoms with van der Waals surface area (Å²) in [5.41, 5.74) is 3.18. The van der Waals surface area contributed by atoms with Crippen LogP contribution in [0.4, 0.5) is 5.69 Å². The number of sulfonamides is 1. The maximum absolute atomic E-state index is 14.7. The fourth-order valence-electron chi connectivity index (χ4n) is 6.03. The summed E-state index contributed by atoms with van der Waals surface area (Å²) in [5, 5.41) is 3.25. The Morgan fingerprint density at radius 1 is 0.787 bits per heavy atom. The van der Waals surface area contributed by atoms with Gasteiger partial charge in [-0.05, 0) is 72.4 Å². The van der Waals surface area contributed by atoms with E-state index in [4.69, 9.17) is 0 Å². The summed E-state index contributed by atoms with van der Waals surface area (Å²) in [4.78, 5) is 30.5. The molecule has 1 N–H and O–H groups in total. The highest BCUT2D eigenvalue weighted by atomic mass is 79.9. The van der Waals surface area contributed by atoms with Gasteiger partial charge in [0.15, 0.2) is 0 Å². The van der Waals surface area contributed by atoms with Crippen LogP contribution in [-0.2, 0) is 39.0 Å². The molecule has 246 valence electrons. The summed E-state index contributed by atoms with van der Waals surface area (Å²) in [6.45, 7) is 1.69. The second-order valence-corrected chi connectivity index (χ2v) is 14.8. The van der Waals surface area contributed by atoms with E-state index in [1.165, 1.54) is 12.1 Å². The molecule has 47 heavy (non-hydrogen) atoms. The Morgan fingerprint density at radius 3 is 2.00 bits per heavy atom. The van der Waals surface area contributed by atoms with E-state index in [1.807, 2.05) is 73.7 Å². The van der Waals surface area contributed by atoms with Gasteiger partial charge in [0, 0.05) is 23.5 Å². The number of anilines is 1. The van der Waals surface area contributed by atoms with E-state index >= 15 is 0 Å². The van der Waals surface area contributed by atoms with Crippen LogP contribution in [0, 0.1) is 0 Å². The summed E-state index contributed by atoms with van der Waals surface area (Å²) in [6, 6.07) is 31.8. The standard InChI is InChI=1S/C38H42BrN3O4S/c1-2-29-20-24-34(25-21-29)42(47(45,46)35-16-10-5-11-17-35)28-37(43)41(27-31-18-22-32(39)23-19-31)36(26-30-12-6-3-7-13-30)38(44)40-33-14-8-4-9-15-33/h3,5-7,10-13,16-25,33,36H,2,4,8-9,14-15,26-28H2,1H3,(H,40,44)/t36-/m0/s1. The monoisotopic (exact) mass is 715 g/mol. The molecule has 0 aliphatic heterocycles. The highest BCUT2D eigenvalue weighted by Crippen LogP contribution is 2.26. The molecule has 0 heterocycles. The minimum atomic E-state index is -4.13. The second kappa shape index (κ2) is 16.2. The van der Waals surface area contributed by atoms with E-state index in [9.17, 15) is 18.0 Å². The summed E-state index contributed by atoms with van der Waals surface area (Å²) in [5.74, 6) is -0.692. The zero-order valence-electron chi connectivity index (χ0n) is 26.7. The summed E-state index contributed by atoms with van der Waals surface area (Å²) in [6.07, 6.45) is 6.15. The molecular weight excluding hydrogens is 674 g/mol. The normalized spacial score (nSPS) is 14.3. The Morgan fingerprint density at radius 2 is 1.38 bits per heavy atom. The topological polar surface area (TPSA) is 86.8 Å². The maximum atomic E-state index is 14.7. The third-order valence-electron chi connectivity index (χ3n) is 8.73. The van der Waals surface area contributed by atoms with Crippen LogP contribution in [-0.4, -0.2) is 43.8 Å². The second-order valence-electron chi connectivity index (χ2n) is 12.0. The molecule has 0 bridgehead atoms. The number of hydrogen-bond acceptors (Lipinski definition) is 4. The molecule has 1 saturated carbocycles. The van der Waals surface area contributed by atoms with Crippen LogP contribution < -0.4 is 9.62 Å². The molecule has 0 radical (unpaired) electrons. The zero-order valence-corrected chi connectivity index (χ0v) is 29.1. The van der Waals surface area contributed by atoms with Crippen LogP contribution in [0.1, 0.15) is 55.7 Å². The predicted octanol–water partition coefficient (Wildman–Crippen LogP) is 7.30. The highest BCUT2D eigenvalue weighted by molar-refractivity contribution is 9.10. The van der Waals surface area contributed by atoms with Crippen molar-refractivity contribution in [1.82, 2.24) is 10.2 Å². The van der Waals surface area contributed by atoms with Crippen molar-refractivity contribution < 1.29 is 18.0 Å². The third kappa shape index (κ3) is 9.11. The molecule has 1 aliphatic carbocycles. The lowest BCUT2D eigenvalue weighted by Gasteiger charge is -2.35. The first-order valence-electron chi connectivity index (χ1n) is 16.3. The van der Waals surface area contributed by atoms with Gasteiger partial charge in [-0.25, -0.2) is 8.42 Å². The SMILES string of the molecule is CCc1ccc(N(CC(=O)N(Cc2ccc(Br)cc2)[C@@H](Cc2ccccc2)C(=O)NC2CCCCC2)S(=O)(=O)c2ccccc2)cc1. The van der Waals surface area contributed by atoms with Crippen molar-refractivity contribution in [2.45, 2.75) is 75.4 Å². The van der Waals surface area contributed by atoms with Gasteiger partial charge in [-0.1, -0.05) is 115 Å². The lowest BCUT2D eigenvalue weighted by atomic mass is 9.94. The van der Waals surface area contributed by atoms with Crippen LogP contribution in [0.2, 0.25) is 0 Å². The first kappa shape index (κ1) is 34.4. The van der Waals surface area contributed by atoms with Gasteiger partial charge in [-0.2, -0.15) is 0 Å². The van der Waals surface area contributed by atoms with Crippen molar-refractivity contribution in [2.24, 2.45) is 0 Å². The molecule has 0 unspecified atom stereocenters. The summed E-state index contributed by atoms with van der Waals surface area (Å²) < 4.78 is 30.4. The van der Waals surface area contributed by atoms with Crippen LogP contribution in [0.15, 0.2) is 119 Å². The molecule has 1 aliphatic rings. The van der Waals surface area contributed by atoms with E-state index in [-0.39, 0.29) is 29.8 Å². The molecule has 4 aromatic carbocycles. The van der Waals surface area contributed by atoms with Gasteiger partial charge < -0.3 is 10.2 Å². The van der Waals surface area contributed by atoms with Crippen molar-refractivity contribution in [1.29, 1.82) is 0 Å². The van der Waals surface area contributed by atoms with Crippen molar-refractivity contribution in [3.63, 3.8) is 0 Å². The molecular formula is C38H42BrN3O4S. The highest BCUT2D eigenvalue weighted by Gasteiger charge is 2.35. The molecule has 1 atom stereocenters. The Balaban J connectivity index is 1.55. The number of carbonyl (C=O) groups excluding carboxylic acids is 2. The molecule has 0 saturated heterocycles. The largest absolute Gasteiger partial charge is 0.352 e. The van der Waals surface area contributed by atoms with Crippen molar-refractivity contribution in [2.75, 3.05) is 10.8 Å². The molecule has 1 fully saturated rings. The Bertz CT molecular complexity index is 1710. The van der Waals surface area contributed by atoms with Crippen LogP contribution >= 0.6 is 15.9 Å². The lowest BCUT2D eigenvalue weighted by molar-refractivity contribution is -0.140. The average Bonchev–Trinajstić information content (AvgIpc) is 3.10. The minimum Gasteiger partial charge on any atom is -0.352 e. The quantitative estimate of drug-likeness (QED) is 0.158. The van der Waals surface area contributed by atoms with E-state index < -0.39 is 28.5 Å². The van der Waals surface area contributed by atoms with Crippen LogP contribution in [0.5, 0.6) is 0 Å². The van der Waals surface area contributed by atoms with E-state index in [2.05, 4.69) is 21.2 Å². The smallest absolute Gasteiger partial charge is 0.264 e. The third-order valence-corrected chi connectivity index (χ3v) is 11.0. The fraction of sp³-hybridized carbons (Fsp3) is 0.316. The Labute approximate surface area is 287 Å². The molecule has 4 aromatic rings. The average molecular weight is 717 g/mol. The summed E-state index contributed by atoms with van der Waals surface area (Å²) in [7, 11) is -4.13. The van der Waals surface area contributed by atoms with Gasteiger partial charge in [-0.3, -0.25) is 13.9 Å². The van der Waals surface area contributed by atoms with E-state index in [1.54, 1.807) is 35.2 Å². The van der Waals surface area contributed by atoms with Gasteiger partial charge in [0.2, 0.25) is 11.8 Å². The number of nitrogens with zero attached hydrogens (tertiary/aromatic N) is 2. The van der Waals surface area contributed by atoms with Crippen molar-refractivity contribution >= 4 is 43.5 Å². The number of benzene rings is 4. The fourth-order valence-corrected chi connectivity index (χ4v) is 7.73. The summed E-state index contributed by atoms with van der Waals surface area (Å²) >= 11 is 3.49. The van der Waals surface area contributed by atoms with Gasteiger partial charge in [-0.15, -0.1) is 0 Å². The van der Waals surface area contributed by atoms with Gasteiger partial charge in [0.05, 0.1) is 10.6 Å². The van der Waals surface area contributed by atoms with Crippen molar-refractivity contribution in [3.8, 4) is 0 Å². The molecule has 2 amide bonds. The van der Waals surface area contributed by atoms with Gasteiger partial charge in [0.1, 0.15) is 12.6 Å². The first-order valence-corrected chi connectivity index (χ1v) is 18.5. The Kier molecular flexibility index (Phi) is 11.9. The first-order chi connectivity index (χ1) is 22.7. The lowest BCUT2D eigenvalue weighted by Crippen LogP contribution is -2.55. The van der Waals surface area contributed by atoms with E-state index in [0.717, 1.165) is 64.0 Å². The van der Waals surface area contributed by atoms with Crippen molar-refractivity contribution in [3.05, 3.63) is 130 Å². The van der Waals surface area contributed by atoms with Crippen LogP contribution in [0.3, 0.4) is 0 Å². The minimum absolute atomic E-state index is 0.0474. The molecule has 0 aromatic heterocycles.